The molecule has 114 valence electrons. The Morgan fingerprint density at radius 3 is 2.57 bits per heavy atom. The average molecular weight is 307 g/mol. The molecule has 2 aliphatic heterocycles. The Balaban J connectivity index is 1.95. The van der Waals surface area contributed by atoms with Crippen molar-refractivity contribution in [3.63, 3.8) is 0 Å². The number of esters is 1. The molecule has 0 spiro atoms. The minimum absolute atomic E-state index is 0.253. The van der Waals surface area contributed by atoms with E-state index in [1.165, 1.54) is 0 Å². The van der Waals surface area contributed by atoms with Crippen LogP contribution in [0.3, 0.4) is 0 Å². The minimum atomic E-state index is -1.78. The van der Waals surface area contributed by atoms with Crippen LogP contribution in [0.4, 0.5) is 0 Å². The molecule has 0 saturated carbocycles. The molecule has 0 aromatic heterocycles. The molecule has 23 heavy (non-hydrogen) atoms. The van der Waals surface area contributed by atoms with Gasteiger partial charge in [0.2, 0.25) is 5.41 Å². The van der Waals surface area contributed by atoms with E-state index in [0.717, 1.165) is 0 Å². The molecule has 2 atom stereocenters. The van der Waals surface area contributed by atoms with Crippen molar-refractivity contribution in [1.29, 1.82) is 0 Å². The van der Waals surface area contributed by atoms with E-state index in [1.807, 2.05) is 12.1 Å². The molecule has 5 nitrogen and oxygen atoms in total. The van der Waals surface area contributed by atoms with E-state index in [0.29, 0.717) is 16.9 Å². The third-order valence-electron chi connectivity index (χ3n) is 4.53. The van der Waals surface area contributed by atoms with Gasteiger partial charge in [-0.2, -0.15) is 0 Å². The molecule has 2 heterocycles. The topological polar surface area (TPSA) is 76.0 Å². The van der Waals surface area contributed by atoms with Gasteiger partial charge in [-0.05, 0) is 11.6 Å². The monoisotopic (exact) mass is 307 g/mol. The number of aliphatic carboxylic acids is 1. The van der Waals surface area contributed by atoms with Gasteiger partial charge in [-0.1, -0.05) is 48.5 Å². The van der Waals surface area contributed by atoms with Crippen molar-refractivity contribution in [2.75, 3.05) is 6.54 Å². The van der Waals surface area contributed by atoms with Crippen molar-refractivity contribution < 1.29 is 19.4 Å². The molecule has 4 rings (SSSR count). The first-order valence-corrected chi connectivity index (χ1v) is 7.30. The summed E-state index contributed by atoms with van der Waals surface area (Å²) in [6.45, 7) is 0.253. The number of carbonyl (C=O) groups is 2. The van der Waals surface area contributed by atoms with Crippen molar-refractivity contribution >= 4 is 17.7 Å². The van der Waals surface area contributed by atoms with Gasteiger partial charge in [-0.15, -0.1) is 0 Å². The summed E-state index contributed by atoms with van der Waals surface area (Å²) in [7, 11) is 0. The lowest BCUT2D eigenvalue weighted by molar-refractivity contribution is -0.159. The van der Waals surface area contributed by atoms with E-state index in [4.69, 9.17) is 4.74 Å². The number of benzene rings is 2. The van der Waals surface area contributed by atoms with E-state index in [9.17, 15) is 14.7 Å². The maximum atomic E-state index is 12.7. The van der Waals surface area contributed by atoms with Crippen LogP contribution in [0.25, 0.3) is 0 Å². The third-order valence-corrected chi connectivity index (χ3v) is 4.53. The van der Waals surface area contributed by atoms with Crippen LogP contribution >= 0.6 is 0 Å². The van der Waals surface area contributed by atoms with E-state index >= 15 is 0 Å². The Morgan fingerprint density at radius 2 is 1.83 bits per heavy atom. The average Bonchev–Trinajstić information content (AvgIpc) is 2.98. The van der Waals surface area contributed by atoms with Gasteiger partial charge >= 0.3 is 11.9 Å². The summed E-state index contributed by atoms with van der Waals surface area (Å²) in [4.78, 5) is 29.3. The number of aliphatic imine (C=N–C) groups is 1. The van der Waals surface area contributed by atoms with Gasteiger partial charge in [0.05, 0.1) is 5.71 Å². The van der Waals surface area contributed by atoms with Crippen LogP contribution < -0.4 is 4.74 Å². The number of carboxylic acid groups (broad SMARTS) is 1. The number of ether oxygens (including phenoxy) is 1. The van der Waals surface area contributed by atoms with Gasteiger partial charge in [0.25, 0.3) is 0 Å². The highest BCUT2D eigenvalue weighted by Gasteiger charge is 2.64. The molecule has 2 aliphatic rings. The lowest BCUT2D eigenvalue weighted by atomic mass is 9.67. The van der Waals surface area contributed by atoms with Crippen molar-refractivity contribution in [2.24, 2.45) is 10.4 Å². The number of para-hydroxylation sites is 1. The van der Waals surface area contributed by atoms with Crippen LogP contribution in [0.15, 0.2) is 59.6 Å². The quantitative estimate of drug-likeness (QED) is 0.524. The molecule has 0 aliphatic carbocycles. The van der Waals surface area contributed by atoms with Crippen LogP contribution in [0.2, 0.25) is 0 Å². The fraction of sp³-hybridized carbons (Fsp3) is 0.167. The third kappa shape index (κ3) is 1.70. The predicted octanol–water partition coefficient (Wildman–Crippen LogP) is 2.26. The summed E-state index contributed by atoms with van der Waals surface area (Å²) in [5.74, 6) is -2.12. The number of rotatable bonds is 2. The predicted molar refractivity (Wildman–Crippen MR) is 82.7 cm³/mol. The summed E-state index contributed by atoms with van der Waals surface area (Å²) in [6.07, 6.45) is 0. The van der Waals surface area contributed by atoms with Crippen LogP contribution in [-0.2, 0) is 9.59 Å². The maximum Gasteiger partial charge on any atom is 0.335 e. The number of hydrogen-bond acceptors (Lipinski definition) is 4. The highest BCUT2D eigenvalue weighted by atomic mass is 16.5. The molecule has 0 radical (unpaired) electrons. The maximum absolute atomic E-state index is 12.7. The summed E-state index contributed by atoms with van der Waals surface area (Å²) < 4.78 is 5.36. The Bertz CT molecular complexity index is 843. The summed E-state index contributed by atoms with van der Waals surface area (Å²) in [5.41, 5.74) is -0.164. The van der Waals surface area contributed by atoms with E-state index in [2.05, 4.69) is 4.99 Å². The summed E-state index contributed by atoms with van der Waals surface area (Å²) in [6, 6.07) is 16.0. The molecule has 0 amide bonds. The zero-order valence-corrected chi connectivity index (χ0v) is 12.1. The molecule has 2 aromatic rings. The normalized spacial score (nSPS) is 25.1. The van der Waals surface area contributed by atoms with Crippen molar-refractivity contribution in [1.82, 2.24) is 0 Å². The fourth-order valence-corrected chi connectivity index (χ4v) is 3.47. The Kier molecular flexibility index (Phi) is 2.84. The molecule has 5 heteroatoms. The van der Waals surface area contributed by atoms with Gasteiger partial charge in [0, 0.05) is 18.0 Å². The Labute approximate surface area is 132 Å². The van der Waals surface area contributed by atoms with E-state index in [-0.39, 0.29) is 12.3 Å². The van der Waals surface area contributed by atoms with Gasteiger partial charge in [0.15, 0.2) is 0 Å². The number of nitrogens with zero attached hydrogens (tertiary/aromatic N) is 1. The molecule has 2 aromatic carbocycles. The number of fused-ring (bicyclic) bond motifs is 3. The standard InChI is InChI=1S/C18H13NO4/c20-16(21)18-13(10-19-15(18)11-6-2-1-3-7-11)12-8-4-5-9-14(12)23-17(18)22/h1-9,13H,10H2,(H,20,21)/t13-,18+/m0/s1. The van der Waals surface area contributed by atoms with Crippen molar-refractivity contribution in [3.8, 4) is 5.75 Å². The molecular weight excluding hydrogens is 294 g/mol. The summed E-state index contributed by atoms with van der Waals surface area (Å²) in [5, 5.41) is 9.95. The fourth-order valence-electron chi connectivity index (χ4n) is 3.47. The summed E-state index contributed by atoms with van der Waals surface area (Å²) >= 11 is 0. The van der Waals surface area contributed by atoms with Gasteiger partial charge in [-0.3, -0.25) is 9.79 Å². The lowest BCUT2D eigenvalue weighted by Gasteiger charge is -2.35. The number of carboxylic acids is 1. The SMILES string of the molecule is O=C(O)[C@@]12C(=O)Oc3ccccc3[C@@H]1CN=C2c1ccccc1. The highest BCUT2D eigenvalue weighted by molar-refractivity contribution is 6.29. The molecule has 0 saturated heterocycles. The molecule has 0 unspecified atom stereocenters. The number of carbonyl (C=O) groups excluding carboxylic acids is 1. The van der Waals surface area contributed by atoms with Gasteiger partial charge < -0.3 is 9.84 Å². The first-order valence-electron chi connectivity index (χ1n) is 7.30. The van der Waals surface area contributed by atoms with Crippen molar-refractivity contribution in [3.05, 3.63) is 65.7 Å². The van der Waals surface area contributed by atoms with Crippen LogP contribution in [0.5, 0.6) is 5.75 Å². The first kappa shape index (κ1) is 13.7. The van der Waals surface area contributed by atoms with Crippen LogP contribution in [0.1, 0.15) is 17.0 Å². The van der Waals surface area contributed by atoms with Crippen molar-refractivity contribution in [2.45, 2.75) is 5.92 Å². The highest BCUT2D eigenvalue weighted by Crippen LogP contribution is 2.51. The van der Waals surface area contributed by atoms with Crippen LogP contribution in [-0.4, -0.2) is 29.3 Å². The zero-order valence-electron chi connectivity index (χ0n) is 12.1. The Hall–Kier alpha value is -2.95. The molecule has 0 fully saturated rings. The molecule has 0 bridgehead atoms. The smallest absolute Gasteiger partial charge is 0.335 e. The number of hydrogen-bond donors (Lipinski definition) is 1. The second-order valence-corrected chi connectivity index (χ2v) is 5.65. The molecular formula is C18H13NO4. The van der Waals surface area contributed by atoms with E-state index < -0.39 is 23.3 Å². The van der Waals surface area contributed by atoms with Gasteiger partial charge in [0.1, 0.15) is 5.75 Å². The lowest BCUT2D eigenvalue weighted by Crippen LogP contribution is -2.53. The largest absolute Gasteiger partial charge is 0.480 e. The second kappa shape index (κ2) is 4.78. The second-order valence-electron chi connectivity index (χ2n) is 5.65. The van der Waals surface area contributed by atoms with Crippen LogP contribution in [0, 0.1) is 5.41 Å². The first-order chi connectivity index (χ1) is 11.2. The zero-order chi connectivity index (χ0) is 16.0. The van der Waals surface area contributed by atoms with Gasteiger partial charge in [-0.25, -0.2) is 4.79 Å². The minimum Gasteiger partial charge on any atom is -0.480 e. The van der Waals surface area contributed by atoms with E-state index in [1.54, 1.807) is 42.5 Å². The molecule has 1 N–H and O–H groups in total. The Morgan fingerprint density at radius 1 is 1.13 bits per heavy atom.